The van der Waals surface area contributed by atoms with Crippen LogP contribution in [0.3, 0.4) is 0 Å². The molecule has 0 saturated heterocycles. The maximum absolute atomic E-state index is 6.11. The molecule has 0 aliphatic carbocycles. The topological polar surface area (TPSA) is 49.8 Å². The van der Waals surface area contributed by atoms with Crippen LogP contribution in [0.1, 0.15) is 12.5 Å². The molecule has 0 amide bonds. The van der Waals surface area contributed by atoms with Gasteiger partial charge in [-0.1, -0.05) is 23.7 Å². The minimum absolute atomic E-state index is 0.667. The fraction of sp³-hybridized carbons (Fsp3) is 0.231. The zero-order chi connectivity index (χ0) is 13.0. The van der Waals surface area contributed by atoms with E-state index >= 15 is 0 Å². The average molecular weight is 263 g/mol. The van der Waals surface area contributed by atoms with Crippen LogP contribution in [0, 0.1) is 6.92 Å². The summed E-state index contributed by atoms with van der Waals surface area (Å²) in [7, 11) is 0. The molecule has 0 bridgehead atoms. The summed E-state index contributed by atoms with van der Waals surface area (Å²) >= 11 is 6.11. The summed E-state index contributed by atoms with van der Waals surface area (Å²) in [6, 6.07) is 7.57. The first-order valence-electron chi connectivity index (χ1n) is 5.79. The Hall–Kier alpha value is -1.81. The molecule has 0 radical (unpaired) electrons. The van der Waals surface area contributed by atoms with Gasteiger partial charge >= 0.3 is 0 Å². The summed E-state index contributed by atoms with van der Waals surface area (Å²) in [5.41, 5.74) is 1.81. The van der Waals surface area contributed by atoms with E-state index in [1.165, 1.54) is 6.33 Å². The lowest BCUT2D eigenvalue weighted by Crippen LogP contribution is -2.05. The van der Waals surface area contributed by atoms with Gasteiger partial charge in [0.1, 0.15) is 18.0 Å². The quantitative estimate of drug-likeness (QED) is 0.884. The first-order valence-corrected chi connectivity index (χ1v) is 6.17. The number of halogens is 1. The van der Waals surface area contributed by atoms with Crippen LogP contribution >= 0.6 is 11.6 Å². The molecular formula is C13H15ClN4. The number of hydrogen-bond acceptors (Lipinski definition) is 4. The van der Waals surface area contributed by atoms with Gasteiger partial charge in [-0.05, 0) is 26.0 Å². The van der Waals surface area contributed by atoms with Gasteiger partial charge in [0.05, 0.1) is 10.7 Å². The average Bonchev–Trinajstić information content (AvgIpc) is 2.37. The van der Waals surface area contributed by atoms with Crippen molar-refractivity contribution in [2.75, 3.05) is 17.2 Å². The summed E-state index contributed by atoms with van der Waals surface area (Å²) in [5, 5.41) is 7.08. The van der Waals surface area contributed by atoms with E-state index in [4.69, 9.17) is 11.6 Å². The molecule has 0 saturated carbocycles. The van der Waals surface area contributed by atoms with E-state index in [1.54, 1.807) is 0 Å². The summed E-state index contributed by atoms with van der Waals surface area (Å²) < 4.78 is 0. The Labute approximate surface area is 111 Å². The van der Waals surface area contributed by atoms with Crippen LogP contribution in [-0.2, 0) is 0 Å². The summed E-state index contributed by atoms with van der Waals surface area (Å²) in [5.74, 6) is 1.59. The van der Waals surface area contributed by atoms with E-state index < -0.39 is 0 Å². The maximum Gasteiger partial charge on any atom is 0.138 e. The van der Waals surface area contributed by atoms with E-state index in [1.807, 2.05) is 38.1 Å². The van der Waals surface area contributed by atoms with Gasteiger partial charge in [-0.25, -0.2) is 9.97 Å². The van der Waals surface area contributed by atoms with Crippen LogP contribution in [-0.4, -0.2) is 16.5 Å². The van der Waals surface area contributed by atoms with Gasteiger partial charge in [0.25, 0.3) is 0 Å². The predicted molar refractivity (Wildman–Crippen MR) is 75.7 cm³/mol. The van der Waals surface area contributed by atoms with Crippen LogP contribution in [0.4, 0.5) is 17.3 Å². The van der Waals surface area contributed by atoms with E-state index in [0.29, 0.717) is 5.02 Å². The van der Waals surface area contributed by atoms with Crippen LogP contribution in [0.15, 0.2) is 30.6 Å². The second kappa shape index (κ2) is 5.69. The molecule has 0 fully saturated rings. The molecule has 0 unspecified atom stereocenters. The van der Waals surface area contributed by atoms with E-state index in [0.717, 1.165) is 29.4 Å². The van der Waals surface area contributed by atoms with Crippen LogP contribution in [0.2, 0.25) is 5.02 Å². The van der Waals surface area contributed by atoms with Crippen molar-refractivity contribution in [1.82, 2.24) is 9.97 Å². The maximum atomic E-state index is 6.11. The first kappa shape index (κ1) is 12.6. The molecule has 94 valence electrons. The first-order chi connectivity index (χ1) is 8.72. The van der Waals surface area contributed by atoms with Gasteiger partial charge in [-0.2, -0.15) is 0 Å². The van der Waals surface area contributed by atoms with Crippen molar-refractivity contribution in [3.05, 3.63) is 41.2 Å². The number of para-hydroxylation sites is 1. The third-order valence-corrected chi connectivity index (χ3v) is 2.88. The van der Waals surface area contributed by atoms with Gasteiger partial charge < -0.3 is 10.6 Å². The summed E-state index contributed by atoms with van der Waals surface area (Å²) in [6.45, 7) is 4.82. The zero-order valence-electron chi connectivity index (χ0n) is 10.4. The van der Waals surface area contributed by atoms with Crippen molar-refractivity contribution < 1.29 is 0 Å². The number of benzene rings is 1. The summed E-state index contributed by atoms with van der Waals surface area (Å²) in [4.78, 5) is 8.43. The van der Waals surface area contributed by atoms with E-state index in [-0.39, 0.29) is 0 Å². The molecule has 0 aliphatic rings. The fourth-order valence-corrected chi connectivity index (χ4v) is 1.79. The Morgan fingerprint density at radius 1 is 1.17 bits per heavy atom. The Morgan fingerprint density at radius 2 is 1.89 bits per heavy atom. The zero-order valence-corrected chi connectivity index (χ0v) is 11.1. The highest BCUT2D eigenvalue weighted by molar-refractivity contribution is 6.33. The lowest BCUT2D eigenvalue weighted by Gasteiger charge is -2.12. The molecule has 0 spiro atoms. The highest BCUT2D eigenvalue weighted by Crippen LogP contribution is 2.27. The van der Waals surface area contributed by atoms with Gasteiger partial charge in [0.15, 0.2) is 0 Å². The highest BCUT2D eigenvalue weighted by atomic mass is 35.5. The number of hydrogen-bond donors (Lipinski definition) is 2. The molecule has 1 aromatic heterocycles. The second-order valence-electron chi connectivity index (χ2n) is 3.83. The Morgan fingerprint density at radius 3 is 2.61 bits per heavy atom. The molecule has 2 rings (SSSR count). The van der Waals surface area contributed by atoms with Crippen LogP contribution < -0.4 is 10.6 Å². The van der Waals surface area contributed by atoms with Gasteiger partial charge in [-0.15, -0.1) is 0 Å². The van der Waals surface area contributed by atoms with Crippen molar-refractivity contribution in [3.63, 3.8) is 0 Å². The Kier molecular flexibility index (Phi) is 3.99. The van der Waals surface area contributed by atoms with Crippen molar-refractivity contribution in [2.45, 2.75) is 13.8 Å². The lowest BCUT2D eigenvalue weighted by molar-refractivity contribution is 1.08. The number of nitrogens with one attached hydrogen (secondary N) is 2. The predicted octanol–water partition coefficient (Wildman–Crippen LogP) is 3.61. The van der Waals surface area contributed by atoms with E-state index in [9.17, 15) is 0 Å². The van der Waals surface area contributed by atoms with Crippen LogP contribution in [0.5, 0.6) is 0 Å². The summed E-state index contributed by atoms with van der Waals surface area (Å²) in [6.07, 6.45) is 1.53. The SMILES string of the molecule is CCNc1ncnc(Nc2ccccc2Cl)c1C. The number of nitrogens with zero attached hydrogens (tertiary/aromatic N) is 2. The molecule has 5 heteroatoms. The Balaban J connectivity index is 2.30. The fourth-order valence-electron chi connectivity index (χ4n) is 1.61. The van der Waals surface area contributed by atoms with Gasteiger partial charge in [-0.3, -0.25) is 0 Å². The Bertz CT molecular complexity index is 542. The molecule has 2 N–H and O–H groups in total. The minimum atomic E-state index is 0.667. The molecule has 2 aromatic rings. The molecular weight excluding hydrogens is 248 g/mol. The minimum Gasteiger partial charge on any atom is -0.370 e. The molecule has 4 nitrogen and oxygen atoms in total. The highest BCUT2D eigenvalue weighted by Gasteiger charge is 2.07. The van der Waals surface area contributed by atoms with Crippen molar-refractivity contribution in [1.29, 1.82) is 0 Å². The third kappa shape index (κ3) is 2.71. The van der Waals surface area contributed by atoms with Crippen molar-refractivity contribution in [2.24, 2.45) is 0 Å². The normalized spacial score (nSPS) is 10.2. The standard InChI is InChI=1S/C13H15ClN4/c1-3-15-12-9(2)13(17-8-16-12)18-11-7-5-4-6-10(11)14/h4-8H,3H2,1-2H3,(H2,15,16,17,18). The molecule has 1 aromatic carbocycles. The molecule has 0 aliphatic heterocycles. The monoisotopic (exact) mass is 262 g/mol. The number of anilines is 3. The van der Waals surface area contributed by atoms with Crippen LogP contribution in [0.25, 0.3) is 0 Å². The molecule has 18 heavy (non-hydrogen) atoms. The molecule has 1 heterocycles. The van der Waals surface area contributed by atoms with Gasteiger partial charge in [0.2, 0.25) is 0 Å². The van der Waals surface area contributed by atoms with Crippen molar-refractivity contribution >= 4 is 28.9 Å². The molecule has 0 atom stereocenters. The largest absolute Gasteiger partial charge is 0.370 e. The van der Waals surface area contributed by atoms with Gasteiger partial charge in [0, 0.05) is 12.1 Å². The van der Waals surface area contributed by atoms with E-state index in [2.05, 4.69) is 20.6 Å². The lowest BCUT2D eigenvalue weighted by atomic mass is 10.2. The number of aromatic nitrogens is 2. The van der Waals surface area contributed by atoms with Crippen molar-refractivity contribution in [3.8, 4) is 0 Å². The number of rotatable bonds is 4. The third-order valence-electron chi connectivity index (χ3n) is 2.56. The second-order valence-corrected chi connectivity index (χ2v) is 4.24. The smallest absolute Gasteiger partial charge is 0.138 e.